The maximum Gasteiger partial charge on any atom is 0.174 e. The highest BCUT2D eigenvalue weighted by atomic mass is 35.5. The average molecular weight is 222 g/mol. The van der Waals surface area contributed by atoms with E-state index < -0.39 is 0 Å². The number of hydrogen-bond donors (Lipinski definition) is 1. The van der Waals surface area contributed by atoms with E-state index in [1.807, 2.05) is 6.07 Å². The van der Waals surface area contributed by atoms with Crippen LogP contribution in [0.2, 0.25) is 5.15 Å². The van der Waals surface area contributed by atoms with Crippen molar-refractivity contribution in [1.82, 2.24) is 15.4 Å². The number of benzene rings is 1. The van der Waals surface area contributed by atoms with Gasteiger partial charge in [-0.05, 0) is 24.8 Å². The lowest BCUT2D eigenvalue weighted by Gasteiger charge is -1.99. The van der Waals surface area contributed by atoms with Crippen LogP contribution in [-0.2, 0) is 12.8 Å². The molecule has 78 valence electrons. The van der Waals surface area contributed by atoms with Gasteiger partial charge in [0.05, 0.1) is 0 Å². The maximum atomic E-state index is 5.82. The second-order valence-corrected chi connectivity index (χ2v) is 3.76. The van der Waals surface area contributed by atoms with E-state index in [1.165, 1.54) is 5.56 Å². The normalized spacial score (nSPS) is 10.5. The first-order chi connectivity index (χ1) is 7.36. The number of rotatable bonds is 4. The zero-order chi connectivity index (χ0) is 10.5. The smallest absolute Gasteiger partial charge is 0.174 e. The molecule has 3 nitrogen and oxygen atoms in total. The number of aromatic amines is 1. The van der Waals surface area contributed by atoms with Crippen molar-refractivity contribution in [1.29, 1.82) is 0 Å². The van der Waals surface area contributed by atoms with Gasteiger partial charge in [0.25, 0.3) is 0 Å². The van der Waals surface area contributed by atoms with Crippen LogP contribution in [0.5, 0.6) is 0 Å². The molecule has 15 heavy (non-hydrogen) atoms. The molecule has 4 heteroatoms. The molecule has 1 aromatic carbocycles. The minimum Gasteiger partial charge on any atom is -0.196 e. The summed E-state index contributed by atoms with van der Waals surface area (Å²) in [6, 6.07) is 10.4. The summed E-state index contributed by atoms with van der Waals surface area (Å²) in [5.74, 6) is 0. The molecule has 2 aromatic rings. The predicted molar refractivity (Wildman–Crippen MR) is 59.9 cm³/mol. The summed E-state index contributed by atoms with van der Waals surface area (Å²) in [6.45, 7) is 0. The first-order valence-corrected chi connectivity index (χ1v) is 5.33. The fourth-order valence-corrected chi connectivity index (χ4v) is 1.68. The molecule has 0 spiro atoms. The molecular weight excluding hydrogens is 210 g/mol. The Morgan fingerprint density at radius 2 is 1.87 bits per heavy atom. The number of aromatic nitrogens is 3. The van der Waals surface area contributed by atoms with E-state index in [9.17, 15) is 0 Å². The number of nitrogens with zero attached hydrogens (tertiary/aromatic N) is 2. The summed E-state index contributed by atoms with van der Waals surface area (Å²) in [5.41, 5.74) is 2.20. The van der Waals surface area contributed by atoms with Gasteiger partial charge >= 0.3 is 0 Å². The van der Waals surface area contributed by atoms with Crippen molar-refractivity contribution in [3.63, 3.8) is 0 Å². The van der Waals surface area contributed by atoms with Gasteiger partial charge in [-0.1, -0.05) is 41.9 Å². The maximum absolute atomic E-state index is 5.82. The Hall–Kier alpha value is -1.35. The van der Waals surface area contributed by atoms with Crippen molar-refractivity contribution in [2.24, 2.45) is 0 Å². The molecule has 0 bridgehead atoms. The van der Waals surface area contributed by atoms with E-state index in [0.29, 0.717) is 5.15 Å². The number of hydrogen-bond acceptors (Lipinski definition) is 2. The molecule has 0 saturated carbocycles. The minimum atomic E-state index is 0.489. The zero-order valence-corrected chi connectivity index (χ0v) is 9.04. The Labute approximate surface area is 93.5 Å². The fourth-order valence-electron chi connectivity index (χ4n) is 1.50. The molecule has 1 heterocycles. The van der Waals surface area contributed by atoms with Gasteiger partial charge in [-0.2, -0.15) is 10.3 Å². The molecule has 0 aliphatic heterocycles. The second-order valence-electron chi connectivity index (χ2n) is 3.40. The van der Waals surface area contributed by atoms with E-state index in [-0.39, 0.29) is 0 Å². The van der Waals surface area contributed by atoms with Crippen LogP contribution in [0.3, 0.4) is 0 Å². The van der Waals surface area contributed by atoms with Gasteiger partial charge in [-0.25, -0.2) is 0 Å². The Morgan fingerprint density at radius 1 is 1.07 bits per heavy atom. The van der Waals surface area contributed by atoms with Crippen LogP contribution in [0.15, 0.2) is 30.3 Å². The third kappa shape index (κ3) is 2.80. The van der Waals surface area contributed by atoms with Crippen molar-refractivity contribution in [2.75, 3.05) is 0 Å². The number of aryl methyl sites for hydroxylation is 2. The monoisotopic (exact) mass is 221 g/mol. The first kappa shape index (κ1) is 10.2. The highest BCUT2D eigenvalue weighted by Crippen LogP contribution is 2.12. The van der Waals surface area contributed by atoms with Gasteiger partial charge in [0.2, 0.25) is 0 Å². The van der Waals surface area contributed by atoms with E-state index in [0.717, 1.165) is 25.0 Å². The molecule has 0 saturated heterocycles. The van der Waals surface area contributed by atoms with Gasteiger partial charge < -0.3 is 0 Å². The molecule has 0 fully saturated rings. The minimum absolute atomic E-state index is 0.489. The van der Waals surface area contributed by atoms with Gasteiger partial charge in [0, 0.05) is 0 Å². The summed E-state index contributed by atoms with van der Waals surface area (Å²) < 4.78 is 0. The molecule has 0 aliphatic carbocycles. The molecule has 2 rings (SSSR count). The van der Waals surface area contributed by atoms with Crippen molar-refractivity contribution in [2.45, 2.75) is 19.3 Å². The van der Waals surface area contributed by atoms with Crippen LogP contribution >= 0.6 is 11.6 Å². The molecule has 0 unspecified atom stereocenters. The molecule has 0 aliphatic rings. The second kappa shape index (κ2) is 4.94. The highest BCUT2D eigenvalue weighted by molar-refractivity contribution is 6.29. The Morgan fingerprint density at radius 3 is 2.53 bits per heavy atom. The third-order valence-electron chi connectivity index (χ3n) is 2.29. The lowest BCUT2D eigenvalue weighted by atomic mass is 10.1. The molecule has 1 aromatic heterocycles. The lowest BCUT2D eigenvalue weighted by molar-refractivity contribution is 0.790. The summed E-state index contributed by atoms with van der Waals surface area (Å²) in [4.78, 5) is 0. The summed E-state index contributed by atoms with van der Waals surface area (Å²) >= 11 is 5.82. The molecule has 0 amide bonds. The highest BCUT2D eigenvalue weighted by Gasteiger charge is 2.03. The molecule has 0 radical (unpaired) electrons. The largest absolute Gasteiger partial charge is 0.196 e. The van der Waals surface area contributed by atoms with E-state index in [4.69, 9.17) is 11.6 Å². The third-order valence-corrected chi connectivity index (χ3v) is 2.60. The molecule has 0 atom stereocenters. The quantitative estimate of drug-likeness (QED) is 0.863. The van der Waals surface area contributed by atoms with Crippen LogP contribution in [0.25, 0.3) is 0 Å². The molecule has 1 N–H and O–H groups in total. The predicted octanol–water partition coefficient (Wildman–Crippen LogP) is 2.63. The standard InChI is InChI=1S/C11H12ClN3/c12-11-10(13-15-14-11)8-4-7-9-5-2-1-3-6-9/h1-3,5-6H,4,7-8H2,(H,13,14,15). The van der Waals surface area contributed by atoms with E-state index >= 15 is 0 Å². The van der Waals surface area contributed by atoms with Crippen LogP contribution in [-0.4, -0.2) is 15.4 Å². The Balaban J connectivity index is 1.83. The first-order valence-electron chi connectivity index (χ1n) is 4.95. The SMILES string of the molecule is Clc1n[nH]nc1CCCc1ccccc1. The fraction of sp³-hybridized carbons (Fsp3) is 0.273. The zero-order valence-electron chi connectivity index (χ0n) is 8.28. The van der Waals surface area contributed by atoms with E-state index in [1.54, 1.807) is 0 Å². The number of nitrogens with one attached hydrogen (secondary N) is 1. The number of halogens is 1. The van der Waals surface area contributed by atoms with Gasteiger partial charge in [0.1, 0.15) is 5.69 Å². The van der Waals surface area contributed by atoms with Crippen LogP contribution in [0.4, 0.5) is 0 Å². The van der Waals surface area contributed by atoms with Gasteiger partial charge in [-0.3, -0.25) is 0 Å². The van der Waals surface area contributed by atoms with E-state index in [2.05, 4.69) is 39.7 Å². The van der Waals surface area contributed by atoms with Crippen LogP contribution in [0.1, 0.15) is 17.7 Å². The van der Waals surface area contributed by atoms with Crippen molar-refractivity contribution < 1.29 is 0 Å². The van der Waals surface area contributed by atoms with Crippen molar-refractivity contribution in [3.05, 3.63) is 46.7 Å². The van der Waals surface area contributed by atoms with Crippen molar-refractivity contribution >= 4 is 11.6 Å². The number of H-pyrrole nitrogens is 1. The Kier molecular flexibility index (Phi) is 3.35. The van der Waals surface area contributed by atoms with Crippen molar-refractivity contribution in [3.8, 4) is 0 Å². The summed E-state index contributed by atoms with van der Waals surface area (Å²) in [5, 5.41) is 10.8. The lowest BCUT2D eigenvalue weighted by Crippen LogP contribution is -1.91. The topological polar surface area (TPSA) is 41.6 Å². The summed E-state index contributed by atoms with van der Waals surface area (Å²) in [6.07, 6.45) is 2.95. The average Bonchev–Trinajstić information content (AvgIpc) is 2.66. The van der Waals surface area contributed by atoms with Gasteiger partial charge in [-0.15, -0.1) is 5.10 Å². The van der Waals surface area contributed by atoms with Crippen LogP contribution < -0.4 is 0 Å². The Bertz CT molecular complexity index is 411. The van der Waals surface area contributed by atoms with Crippen LogP contribution in [0, 0.1) is 0 Å². The van der Waals surface area contributed by atoms with Gasteiger partial charge in [0.15, 0.2) is 5.15 Å². The molecular formula is C11H12ClN3. The summed E-state index contributed by atoms with van der Waals surface area (Å²) in [7, 11) is 0.